The number of amides is 2. The normalized spacial score (nSPS) is 27.0. The molecule has 1 aliphatic heterocycles. The van der Waals surface area contributed by atoms with E-state index in [4.69, 9.17) is 21.1 Å². The predicted octanol–water partition coefficient (Wildman–Crippen LogP) is 4.51. The molecule has 2 atom stereocenters. The van der Waals surface area contributed by atoms with Gasteiger partial charge in [0.2, 0.25) is 11.8 Å². The average molecular weight is 460 g/mol. The van der Waals surface area contributed by atoms with Crippen LogP contribution >= 0.6 is 11.6 Å². The Hall–Kier alpha value is -2.99. The monoisotopic (exact) mass is 459 g/mol. The first kappa shape index (κ1) is 20.6. The standard InChI is InChI=1S/C27H22ClNO4/c1-32-26(33-2)27-19-12-5-3-10-17(19)21(18-11-4-6-13-20(18)27)22-23(27)25(31)29(24(22)30)16-9-7-8-15(28)14-16/h3-14,21-23,26H,1-2H3/t21?,22-,23+,27?/m1/s1. The summed E-state index contributed by atoms with van der Waals surface area (Å²) >= 11 is 6.22. The second-order valence-corrected chi connectivity index (χ2v) is 9.26. The highest BCUT2D eigenvalue weighted by molar-refractivity contribution is 6.31. The molecule has 5 nitrogen and oxygen atoms in total. The summed E-state index contributed by atoms with van der Waals surface area (Å²) < 4.78 is 11.8. The lowest BCUT2D eigenvalue weighted by Gasteiger charge is -2.56. The maximum Gasteiger partial charge on any atom is 0.239 e. The highest BCUT2D eigenvalue weighted by Crippen LogP contribution is 2.65. The van der Waals surface area contributed by atoms with E-state index in [0.717, 1.165) is 22.3 Å². The fraction of sp³-hybridized carbons (Fsp3) is 0.259. The van der Waals surface area contributed by atoms with Gasteiger partial charge in [0.05, 0.1) is 22.9 Å². The molecule has 1 fully saturated rings. The van der Waals surface area contributed by atoms with Crippen molar-refractivity contribution in [3.8, 4) is 0 Å². The molecule has 4 aliphatic rings. The summed E-state index contributed by atoms with van der Waals surface area (Å²) in [6.45, 7) is 0. The number of nitrogens with zero attached hydrogens (tertiary/aromatic N) is 1. The second-order valence-electron chi connectivity index (χ2n) is 8.82. The number of imide groups is 1. The van der Waals surface area contributed by atoms with E-state index in [1.807, 2.05) is 36.4 Å². The predicted molar refractivity (Wildman–Crippen MR) is 124 cm³/mol. The SMILES string of the molecule is COC(OC)C12c3ccccc3C(c3ccccc31)[C@H]1C(=O)N(c3cccc(Cl)c3)C(=O)[C@H]12. The number of halogens is 1. The number of benzene rings is 3. The number of ether oxygens (including phenoxy) is 2. The van der Waals surface area contributed by atoms with Crippen LogP contribution in [0.25, 0.3) is 0 Å². The Morgan fingerprint density at radius 1 is 0.848 bits per heavy atom. The Kier molecular flexibility index (Phi) is 4.53. The van der Waals surface area contributed by atoms with E-state index < -0.39 is 23.5 Å². The molecule has 2 bridgehead atoms. The fourth-order valence-electron chi connectivity index (χ4n) is 6.57. The van der Waals surface area contributed by atoms with Crippen LogP contribution in [0.5, 0.6) is 0 Å². The lowest BCUT2D eigenvalue weighted by molar-refractivity contribution is -0.168. The minimum absolute atomic E-state index is 0.211. The first-order valence-electron chi connectivity index (χ1n) is 10.9. The van der Waals surface area contributed by atoms with E-state index in [1.54, 1.807) is 38.5 Å². The number of carbonyl (C=O) groups is 2. The van der Waals surface area contributed by atoms with Crippen molar-refractivity contribution in [3.05, 3.63) is 100 Å². The molecule has 1 saturated heterocycles. The molecule has 0 spiro atoms. The number of carbonyl (C=O) groups excluding carboxylic acids is 2. The summed E-state index contributed by atoms with van der Waals surface area (Å²) in [5, 5.41) is 0.471. The lowest BCUT2D eigenvalue weighted by atomic mass is 9.47. The van der Waals surface area contributed by atoms with Gasteiger partial charge in [-0.05, 0) is 40.5 Å². The lowest BCUT2D eigenvalue weighted by Crippen LogP contribution is -2.60. The summed E-state index contributed by atoms with van der Waals surface area (Å²) in [6.07, 6.45) is -0.760. The molecule has 0 radical (unpaired) electrons. The van der Waals surface area contributed by atoms with Gasteiger partial charge in [0.1, 0.15) is 0 Å². The third-order valence-corrected chi connectivity index (χ3v) is 7.79. The summed E-state index contributed by atoms with van der Waals surface area (Å²) in [5.74, 6) is -1.91. The van der Waals surface area contributed by atoms with Crippen molar-refractivity contribution in [1.82, 2.24) is 0 Å². The Bertz CT molecular complexity index is 1250. The van der Waals surface area contributed by atoms with E-state index in [1.165, 1.54) is 4.90 Å². The Morgan fingerprint density at radius 3 is 2.03 bits per heavy atom. The Balaban J connectivity index is 1.68. The molecule has 166 valence electrons. The number of hydrogen-bond donors (Lipinski definition) is 0. The third kappa shape index (κ3) is 2.45. The molecule has 2 amide bonds. The van der Waals surface area contributed by atoms with Gasteiger partial charge in [-0.2, -0.15) is 0 Å². The highest BCUT2D eigenvalue weighted by atomic mass is 35.5. The van der Waals surface area contributed by atoms with E-state index >= 15 is 0 Å². The van der Waals surface area contributed by atoms with Gasteiger partial charge in [-0.25, -0.2) is 4.90 Å². The van der Waals surface area contributed by atoms with Crippen molar-refractivity contribution in [2.45, 2.75) is 17.6 Å². The second kappa shape index (κ2) is 7.26. The largest absolute Gasteiger partial charge is 0.355 e. The Labute approximate surface area is 196 Å². The number of rotatable bonds is 4. The summed E-state index contributed by atoms with van der Waals surface area (Å²) in [6, 6.07) is 23.0. The van der Waals surface area contributed by atoms with Crippen LogP contribution in [0.3, 0.4) is 0 Å². The molecule has 1 heterocycles. The number of hydrogen-bond acceptors (Lipinski definition) is 4. The minimum atomic E-state index is -0.962. The molecule has 0 unspecified atom stereocenters. The van der Waals surface area contributed by atoms with Crippen LogP contribution in [-0.4, -0.2) is 32.3 Å². The van der Waals surface area contributed by atoms with Crippen LogP contribution in [0.2, 0.25) is 5.02 Å². The van der Waals surface area contributed by atoms with Crippen molar-refractivity contribution in [3.63, 3.8) is 0 Å². The number of methoxy groups -OCH3 is 2. The van der Waals surface area contributed by atoms with Crippen LogP contribution in [0.15, 0.2) is 72.8 Å². The molecule has 3 aliphatic carbocycles. The Morgan fingerprint density at radius 2 is 1.45 bits per heavy atom. The third-order valence-electron chi connectivity index (χ3n) is 7.55. The van der Waals surface area contributed by atoms with Crippen LogP contribution in [0, 0.1) is 11.8 Å². The summed E-state index contributed by atoms with van der Waals surface area (Å²) in [4.78, 5) is 29.5. The fourth-order valence-corrected chi connectivity index (χ4v) is 6.75. The molecule has 0 saturated carbocycles. The van der Waals surface area contributed by atoms with Crippen molar-refractivity contribution in [2.75, 3.05) is 19.1 Å². The van der Waals surface area contributed by atoms with Crippen LogP contribution in [-0.2, 0) is 24.5 Å². The zero-order chi connectivity index (χ0) is 22.9. The van der Waals surface area contributed by atoms with Crippen molar-refractivity contribution < 1.29 is 19.1 Å². The highest BCUT2D eigenvalue weighted by Gasteiger charge is 2.71. The van der Waals surface area contributed by atoms with E-state index in [0.29, 0.717) is 10.7 Å². The number of anilines is 1. The first-order valence-corrected chi connectivity index (χ1v) is 11.3. The van der Waals surface area contributed by atoms with Gasteiger partial charge in [0.15, 0.2) is 6.29 Å². The van der Waals surface area contributed by atoms with Crippen LogP contribution < -0.4 is 4.90 Å². The van der Waals surface area contributed by atoms with Gasteiger partial charge in [0.25, 0.3) is 0 Å². The quantitative estimate of drug-likeness (QED) is 0.425. The average Bonchev–Trinajstić information content (AvgIpc) is 3.11. The maximum absolute atomic E-state index is 14.2. The molecule has 0 N–H and O–H groups in total. The topological polar surface area (TPSA) is 55.8 Å². The van der Waals surface area contributed by atoms with Crippen molar-refractivity contribution >= 4 is 29.1 Å². The molecule has 6 heteroatoms. The maximum atomic E-state index is 14.2. The molecule has 33 heavy (non-hydrogen) atoms. The van der Waals surface area contributed by atoms with Crippen LogP contribution in [0.4, 0.5) is 5.69 Å². The zero-order valence-electron chi connectivity index (χ0n) is 18.2. The molecule has 3 aromatic rings. The molecule has 3 aromatic carbocycles. The van der Waals surface area contributed by atoms with Gasteiger partial charge in [-0.3, -0.25) is 9.59 Å². The van der Waals surface area contributed by atoms with Crippen molar-refractivity contribution in [2.24, 2.45) is 11.8 Å². The smallest absolute Gasteiger partial charge is 0.239 e. The van der Waals surface area contributed by atoms with Crippen molar-refractivity contribution in [1.29, 1.82) is 0 Å². The van der Waals surface area contributed by atoms with E-state index in [2.05, 4.69) is 12.1 Å². The van der Waals surface area contributed by atoms with Gasteiger partial charge in [-0.1, -0.05) is 66.2 Å². The van der Waals surface area contributed by atoms with Gasteiger partial charge in [0, 0.05) is 25.2 Å². The minimum Gasteiger partial charge on any atom is -0.355 e. The summed E-state index contributed by atoms with van der Waals surface area (Å²) in [5.41, 5.74) is 3.59. The van der Waals surface area contributed by atoms with Gasteiger partial charge in [-0.15, -0.1) is 0 Å². The van der Waals surface area contributed by atoms with Crippen LogP contribution in [0.1, 0.15) is 28.2 Å². The zero-order valence-corrected chi connectivity index (χ0v) is 19.0. The van der Waals surface area contributed by atoms with E-state index in [-0.39, 0.29) is 17.7 Å². The first-order chi connectivity index (χ1) is 16.1. The molecular weight excluding hydrogens is 438 g/mol. The molecule has 0 aromatic heterocycles. The van der Waals surface area contributed by atoms with Gasteiger partial charge >= 0.3 is 0 Å². The van der Waals surface area contributed by atoms with Gasteiger partial charge < -0.3 is 9.47 Å². The molecule has 7 rings (SSSR count). The van der Waals surface area contributed by atoms with E-state index in [9.17, 15) is 9.59 Å². The summed E-state index contributed by atoms with van der Waals surface area (Å²) in [7, 11) is 3.17. The molecular formula is C27H22ClNO4.